The smallest absolute Gasteiger partial charge is 0.194 e. The van der Waals surface area contributed by atoms with E-state index >= 15 is 0 Å². The van der Waals surface area contributed by atoms with E-state index in [1.165, 1.54) is 0 Å². The highest BCUT2D eigenvalue weighted by Gasteiger charge is 2.22. The fourth-order valence-corrected chi connectivity index (χ4v) is 2.19. The number of nitrogens with one attached hydrogen (secondary N) is 1. The Morgan fingerprint density at radius 1 is 1.65 bits per heavy atom. The molecule has 0 unspecified atom stereocenters. The van der Waals surface area contributed by atoms with Gasteiger partial charge in [-0.3, -0.25) is 0 Å². The van der Waals surface area contributed by atoms with Gasteiger partial charge in [0.1, 0.15) is 6.54 Å². The van der Waals surface area contributed by atoms with Gasteiger partial charge in [-0.2, -0.15) is 0 Å². The molecule has 0 radical (unpaired) electrons. The van der Waals surface area contributed by atoms with Gasteiger partial charge >= 0.3 is 0 Å². The summed E-state index contributed by atoms with van der Waals surface area (Å²) < 4.78 is 5.29. The predicted molar refractivity (Wildman–Crippen MR) is 77.6 cm³/mol. The molecule has 0 saturated carbocycles. The molecule has 112 valence electrons. The Morgan fingerprint density at radius 3 is 3.00 bits per heavy atom. The number of β-amino-alcohol motifs (C(OH)–C–C–N with tert-alkyl or cyclic N) is 1. The van der Waals surface area contributed by atoms with Crippen molar-refractivity contribution in [2.75, 3.05) is 19.6 Å². The largest absolute Gasteiger partial charge is 0.391 e. The molecule has 1 aliphatic rings. The third-order valence-corrected chi connectivity index (χ3v) is 3.35. The summed E-state index contributed by atoms with van der Waals surface area (Å²) in [5, 5.41) is 16.9. The van der Waals surface area contributed by atoms with Crippen molar-refractivity contribution in [2.24, 2.45) is 4.99 Å². The second-order valence-electron chi connectivity index (χ2n) is 5.43. The molecular formula is C14H24N4O2. The van der Waals surface area contributed by atoms with E-state index in [1.54, 1.807) is 0 Å². The van der Waals surface area contributed by atoms with Gasteiger partial charge in [0.25, 0.3) is 0 Å². The Kier molecular flexibility index (Phi) is 5.00. The zero-order valence-electron chi connectivity index (χ0n) is 12.5. The van der Waals surface area contributed by atoms with Crippen molar-refractivity contribution >= 4 is 5.96 Å². The first-order chi connectivity index (χ1) is 9.60. The lowest BCUT2D eigenvalue weighted by Gasteiger charge is -2.20. The number of aliphatic hydroxyl groups excluding tert-OH is 1. The molecule has 1 atom stereocenters. The van der Waals surface area contributed by atoms with E-state index in [2.05, 4.69) is 34.2 Å². The van der Waals surface area contributed by atoms with E-state index < -0.39 is 0 Å². The molecule has 20 heavy (non-hydrogen) atoms. The highest BCUT2D eigenvalue weighted by atomic mass is 16.5. The third kappa shape index (κ3) is 3.72. The van der Waals surface area contributed by atoms with Crippen molar-refractivity contribution in [3.8, 4) is 0 Å². The number of nitrogens with zero attached hydrogens (tertiary/aromatic N) is 3. The maximum Gasteiger partial charge on any atom is 0.194 e. The number of aliphatic hydroxyl groups is 1. The van der Waals surface area contributed by atoms with Gasteiger partial charge < -0.3 is 19.8 Å². The van der Waals surface area contributed by atoms with E-state index in [-0.39, 0.29) is 6.10 Å². The van der Waals surface area contributed by atoms with Crippen molar-refractivity contribution in [2.45, 2.75) is 45.8 Å². The van der Waals surface area contributed by atoms with Gasteiger partial charge in [-0.15, -0.1) is 0 Å². The van der Waals surface area contributed by atoms with Crippen molar-refractivity contribution in [1.29, 1.82) is 0 Å². The van der Waals surface area contributed by atoms with E-state index in [0.29, 0.717) is 19.0 Å². The summed E-state index contributed by atoms with van der Waals surface area (Å²) in [7, 11) is 0. The molecule has 2 N–H and O–H groups in total. The molecule has 0 amide bonds. The van der Waals surface area contributed by atoms with Crippen LogP contribution in [0.1, 0.15) is 44.6 Å². The Morgan fingerprint density at radius 2 is 2.45 bits per heavy atom. The van der Waals surface area contributed by atoms with Crippen molar-refractivity contribution in [1.82, 2.24) is 15.4 Å². The van der Waals surface area contributed by atoms with E-state index in [0.717, 1.165) is 36.9 Å². The van der Waals surface area contributed by atoms with Crippen LogP contribution in [0.2, 0.25) is 0 Å². The topological polar surface area (TPSA) is 73.9 Å². The minimum atomic E-state index is -0.253. The quantitative estimate of drug-likeness (QED) is 0.643. The second-order valence-corrected chi connectivity index (χ2v) is 5.43. The summed E-state index contributed by atoms with van der Waals surface area (Å²) in [5.41, 5.74) is 0.955. The van der Waals surface area contributed by atoms with E-state index in [4.69, 9.17) is 4.52 Å². The lowest BCUT2D eigenvalue weighted by atomic mass is 10.1. The Labute approximate surface area is 119 Å². The number of likely N-dealkylation sites (tertiary alicyclic amines) is 1. The van der Waals surface area contributed by atoms with Crippen LogP contribution >= 0.6 is 0 Å². The van der Waals surface area contributed by atoms with Crippen LogP contribution in [0.3, 0.4) is 0 Å². The summed E-state index contributed by atoms with van der Waals surface area (Å²) in [6.45, 7) is 8.95. The van der Waals surface area contributed by atoms with Gasteiger partial charge in [-0.1, -0.05) is 19.0 Å². The molecule has 1 saturated heterocycles. The average Bonchev–Trinajstić information content (AvgIpc) is 3.03. The molecule has 0 aliphatic carbocycles. The SMILES string of the molecule is CCNC(=NCc1cc(C(C)C)no1)N1CC[C@@H](O)C1. The summed E-state index contributed by atoms with van der Waals surface area (Å²) in [5.74, 6) is 1.95. The van der Waals surface area contributed by atoms with Gasteiger partial charge in [0.15, 0.2) is 11.7 Å². The number of rotatable bonds is 4. The van der Waals surface area contributed by atoms with Crippen LogP contribution < -0.4 is 5.32 Å². The summed E-state index contributed by atoms with van der Waals surface area (Å²) in [6, 6.07) is 1.95. The molecule has 0 aromatic carbocycles. The zero-order valence-corrected chi connectivity index (χ0v) is 12.5. The van der Waals surface area contributed by atoms with E-state index in [9.17, 15) is 5.11 Å². The van der Waals surface area contributed by atoms with Crippen molar-refractivity contribution in [3.63, 3.8) is 0 Å². The molecule has 1 aromatic rings. The number of hydrogen-bond acceptors (Lipinski definition) is 4. The van der Waals surface area contributed by atoms with Crippen LogP contribution in [0.5, 0.6) is 0 Å². The van der Waals surface area contributed by atoms with Gasteiger partial charge in [-0.05, 0) is 19.3 Å². The maximum absolute atomic E-state index is 9.61. The molecule has 0 bridgehead atoms. The Balaban J connectivity index is 2.01. The van der Waals surface area contributed by atoms with Crippen LogP contribution in [0.25, 0.3) is 0 Å². The molecule has 2 heterocycles. The predicted octanol–water partition coefficient (Wildman–Crippen LogP) is 1.33. The van der Waals surface area contributed by atoms with Gasteiger partial charge in [0, 0.05) is 25.7 Å². The fraction of sp³-hybridized carbons (Fsp3) is 0.714. The van der Waals surface area contributed by atoms with Gasteiger partial charge in [0.05, 0.1) is 11.8 Å². The number of aliphatic imine (C=N–C) groups is 1. The lowest BCUT2D eigenvalue weighted by Crippen LogP contribution is -2.40. The second kappa shape index (κ2) is 6.74. The summed E-state index contributed by atoms with van der Waals surface area (Å²) in [4.78, 5) is 6.64. The Hall–Kier alpha value is -1.56. The Bertz CT molecular complexity index is 456. The normalized spacial score (nSPS) is 19.9. The number of hydrogen-bond donors (Lipinski definition) is 2. The minimum absolute atomic E-state index is 0.253. The lowest BCUT2D eigenvalue weighted by molar-refractivity contribution is 0.187. The van der Waals surface area contributed by atoms with Crippen LogP contribution in [0.15, 0.2) is 15.6 Å². The molecule has 2 rings (SSSR count). The minimum Gasteiger partial charge on any atom is -0.391 e. The van der Waals surface area contributed by atoms with Crippen LogP contribution in [0.4, 0.5) is 0 Å². The van der Waals surface area contributed by atoms with E-state index in [1.807, 2.05) is 13.0 Å². The highest BCUT2D eigenvalue weighted by molar-refractivity contribution is 5.80. The van der Waals surface area contributed by atoms with Gasteiger partial charge in [0.2, 0.25) is 0 Å². The first-order valence-electron chi connectivity index (χ1n) is 7.27. The molecule has 1 aromatic heterocycles. The first kappa shape index (κ1) is 14.8. The standard InChI is InChI=1S/C14H24N4O2/c1-4-15-14(18-6-5-11(19)9-18)16-8-12-7-13(10(2)3)17-20-12/h7,10-11,19H,4-6,8-9H2,1-3H3,(H,15,16)/t11-/m1/s1. The molecule has 6 nitrogen and oxygen atoms in total. The van der Waals surface area contributed by atoms with Crippen LogP contribution in [-0.4, -0.2) is 46.9 Å². The molecule has 0 spiro atoms. The summed E-state index contributed by atoms with van der Waals surface area (Å²) >= 11 is 0. The van der Waals surface area contributed by atoms with Crippen molar-refractivity contribution in [3.05, 3.63) is 17.5 Å². The first-order valence-corrected chi connectivity index (χ1v) is 7.27. The highest BCUT2D eigenvalue weighted by Crippen LogP contribution is 2.15. The molecule has 6 heteroatoms. The van der Waals surface area contributed by atoms with Crippen LogP contribution in [0, 0.1) is 0 Å². The maximum atomic E-state index is 9.61. The van der Waals surface area contributed by atoms with Crippen molar-refractivity contribution < 1.29 is 9.63 Å². The third-order valence-electron chi connectivity index (χ3n) is 3.35. The zero-order chi connectivity index (χ0) is 14.5. The number of aromatic nitrogens is 1. The number of guanidine groups is 1. The monoisotopic (exact) mass is 280 g/mol. The fourth-order valence-electron chi connectivity index (χ4n) is 2.19. The molecular weight excluding hydrogens is 256 g/mol. The van der Waals surface area contributed by atoms with Gasteiger partial charge in [-0.25, -0.2) is 4.99 Å². The molecule has 1 aliphatic heterocycles. The summed E-state index contributed by atoms with van der Waals surface area (Å²) in [6.07, 6.45) is 0.543. The molecule has 1 fully saturated rings. The average molecular weight is 280 g/mol. The van der Waals surface area contributed by atoms with Crippen LogP contribution in [-0.2, 0) is 6.54 Å².